The number of nitrogens with one attached hydrogen (secondary N) is 2. The molecular formula is C15H20BrN3O3. The van der Waals surface area contributed by atoms with Gasteiger partial charge in [-0.2, -0.15) is 0 Å². The molecule has 2 N–H and O–H groups in total. The smallest absolute Gasteiger partial charge is 0.243 e. The molecular weight excluding hydrogens is 350 g/mol. The van der Waals surface area contributed by atoms with Gasteiger partial charge in [0.1, 0.15) is 0 Å². The van der Waals surface area contributed by atoms with Gasteiger partial charge in [-0.15, -0.1) is 0 Å². The number of aryl methyl sites for hydroxylation is 1. The number of likely N-dealkylation sites (N-methyl/N-ethyl adjacent to an activating group) is 1. The molecule has 0 aromatic heterocycles. The van der Waals surface area contributed by atoms with Crippen molar-refractivity contribution in [2.45, 2.75) is 20.3 Å². The molecule has 3 amide bonds. The summed E-state index contributed by atoms with van der Waals surface area (Å²) in [4.78, 5) is 35.8. The number of hydrogen-bond acceptors (Lipinski definition) is 3. The van der Waals surface area contributed by atoms with Crippen LogP contribution in [0.2, 0.25) is 0 Å². The fraction of sp³-hybridized carbons (Fsp3) is 0.400. The number of nitrogens with zero attached hydrogens (tertiary/aromatic N) is 1. The first-order valence-corrected chi connectivity index (χ1v) is 7.63. The number of rotatable bonds is 6. The van der Waals surface area contributed by atoms with Crippen molar-refractivity contribution < 1.29 is 14.4 Å². The summed E-state index contributed by atoms with van der Waals surface area (Å²) >= 11 is 3.36. The number of amides is 3. The van der Waals surface area contributed by atoms with Crippen LogP contribution in [0.4, 0.5) is 5.69 Å². The molecule has 0 aliphatic carbocycles. The van der Waals surface area contributed by atoms with E-state index in [2.05, 4.69) is 26.6 Å². The molecule has 0 unspecified atom stereocenters. The van der Waals surface area contributed by atoms with E-state index < -0.39 is 0 Å². The molecule has 0 radical (unpaired) electrons. The highest BCUT2D eigenvalue weighted by Gasteiger charge is 2.13. The topological polar surface area (TPSA) is 78.5 Å². The molecule has 0 heterocycles. The van der Waals surface area contributed by atoms with Crippen LogP contribution in [0.5, 0.6) is 0 Å². The maximum Gasteiger partial charge on any atom is 0.243 e. The molecule has 1 rings (SSSR count). The highest BCUT2D eigenvalue weighted by molar-refractivity contribution is 9.10. The summed E-state index contributed by atoms with van der Waals surface area (Å²) in [6.07, 6.45) is 0.167. The third-order valence-electron chi connectivity index (χ3n) is 2.98. The molecule has 0 aliphatic heterocycles. The van der Waals surface area contributed by atoms with E-state index in [1.807, 2.05) is 19.1 Å². The first kappa shape index (κ1) is 18.2. The zero-order valence-electron chi connectivity index (χ0n) is 12.9. The van der Waals surface area contributed by atoms with Gasteiger partial charge >= 0.3 is 0 Å². The van der Waals surface area contributed by atoms with E-state index in [1.165, 1.54) is 11.8 Å². The van der Waals surface area contributed by atoms with E-state index in [9.17, 15) is 14.4 Å². The summed E-state index contributed by atoms with van der Waals surface area (Å²) in [7, 11) is 1.56. The van der Waals surface area contributed by atoms with Crippen molar-refractivity contribution in [3.05, 3.63) is 28.2 Å². The molecule has 7 heteroatoms. The van der Waals surface area contributed by atoms with Crippen molar-refractivity contribution in [3.63, 3.8) is 0 Å². The van der Waals surface area contributed by atoms with Crippen LogP contribution in [0.25, 0.3) is 0 Å². The lowest BCUT2D eigenvalue weighted by molar-refractivity contribution is -0.133. The van der Waals surface area contributed by atoms with Crippen molar-refractivity contribution in [1.82, 2.24) is 10.2 Å². The summed E-state index contributed by atoms with van der Waals surface area (Å²) in [5, 5.41) is 5.32. The zero-order valence-corrected chi connectivity index (χ0v) is 14.5. The Morgan fingerprint density at radius 3 is 2.55 bits per heavy atom. The van der Waals surface area contributed by atoms with Gasteiger partial charge in [-0.1, -0.05) is 15.9 Å². The van der Waals surface area contributed by atoms with Crippen LogP contribution >= 0.6 is 15.9 Å². The lowest BCUT2D eigenvalue weighted by Crippen LogP contribution is -2.36. The van der Waals surface area contributed by atoms with Gasteiger partial charge < -0.3 is 15.5 Å². The number of hydrogen-bond donors (Lipinski definition) is 2. The Labute approximate surface area is 138 Å². The van der Waals surface area contributed by atoms with Crippen LogP contribution < -0.4 is 10.6 Å². The normalized spacial score (nSPS) is 10.0. The van der Waals surface area contributed by atoms with Crippen LogP contribution in [0.15, 0.2) is 22.7 Å². The third-order valence-corrected chi connectivity index (χ3v) is 3.48. The predicted octanol–water partition coefficient (Wildman–Crippen LogP) is 1.68. The minimum atomic E-state index is -0.263. The fourth-order valence-electron chi connectivity index (χ4n) is 1.80. The van der Waals surface area contributed by atoms with Gasteiger partial charge in [0.2, 0.25) is 17.7 Å². The average molecular weight is 370 g/mol. The Morgan fingerprint density at radius 2 is 1.95 bits per heavy atom. The first-order chi connectivity index (χ1) is 10.3. The van der Waals surface area contributed by atoms with E-state index in [0.717, 1.165) is 10.0 Å². The molecule has 0 atom stereocenters. The van der Waals surface area contributed by atoms with E-state index in [0.29, 0.717) is 5.69 Å². The van der Waals surface area contributed by atoms with E-state index in [1.54, 1.807) is 13.1 Å². The van der Waals surface area contributed by atoms with Gasteiger partial charge in [0.25, 0.3) is 0 Å². The Morgan fingerprint density at radius 1 is 1.27 bits per heavy atom. The molecule has 6 nitrogen and oxygen atoms in total. The van der Waals surface area contributed by atoms with Gasteiger partial charge in [0.05, 0.1) is 6.54 Å². The van der Waals surface area contributed by atoms with Gasteiger partial charge in [-0.3, -0.25) is 14.4 Å². The van der Waals surface area contributed by atoms with Gasteiger partial charge in [0.15, 0.2) is 0 Å². The quantitative estimate of drug-likeness (QED) is 0.800. The number of benzene rings is 1. The second-order valence-corrected chi connectivity index (χ2v) is 5.91. The lowest BCUT2D eigenvalue weighted by Gasteiger charge is -2.17. The summed E-state index contributed by atoms with van der Waals surface area (Å²) < 4.78 is 0.938. The predicted molar refractivity (Wildman–Crippen MR) is 88.4 cm³/mol. The van der Waals surface area contributed by atoms with Crippen molar-refractivity contribution in [2.24, 2.45) is 0 Å². The number of anilines is 1. The molecule has 0 spiro atoms. The minimum Gasteiger partial charge on any atom is -0.356 e. The fourth-order valence-corrected chi connectivity index (χ4v) is 2.27. The van der Waals surface area contributed by atoms with E-state index in [4.69, 9.17) is 0 Å². The van der Waals surface area contributed by atoms with Gasteiger partial charge in [-0.25, -0.2) is 0 Å². The Kier molecular flexibility index (Phi) is 7.04. The molecule has 0 fully saturated rings. The molecule has 0 saturated heterocycles. The SMILES string of the molecule is CC(=O)NCCC(=O)N(C)CC(=O)Nc1ccc(Br)cc1C. The molecule has 120 valence electrons. The Bertz CT molecular complexity index is 575. The van der Waals surface area contributed by atoms with Gasteiger partial charge in [0, 0.05) is 37.1 Å². The lowest BCUT2D eigenvalue weighted by atomic mass is 10.2. The number of carbonyl (C=O) groups excluding carboxylic acids is 3. The largest absolute Gasteiger partial charge is 0.356 e. The highest BCUT2D eigenvalue weighted by Crippen LogP contribution is 2.19. The van der Waals surface area contributed by atoms with Crippen molar-refractivity contribution >= 4 is 39.3 Å². The molecule has 22 heavy (non-hydrogen) atoms. The second kappa shape index (κ2) is 8.53. The number of halogens is 1. The summed E-state index contributed by atoms with van der Waals surface area (Å²) in [6.45, 7) is 3.52. The standard InChI is InChI=1S/C15H20BrN3O3/c1-10-8-12(16)4-5-13(10)18-14(21)9-19(3)15(22)6-7-17-11(2)20/h4-5,8H,6-7,9H2,1-3H3,(H,17,20)(H,18,21). The van der Waals surface area contributed by atoms with Crippen molar-refractivity contribution in [1.29, 1.82) is 0 Å². The molecule has 1 aromatic rings. The van der Waals surface area contributed by atoms with Crippen LogP contribution in [-0.4, -0.2) is 42.8 Å². The summed E-state index contributed by atoms with van der Waals surface area (Å²) in [5.74, 6) is -0.642. The highest BCUT2D eigenvalue weighted by atomic mass is 79.9. The molecule has 0 bridgehead atoms. The van der Waals surface area contributed by atoms with Crippen molar-refractivity contribution in [3.8, 4) is 0 Å². The maximum absolute atomic E-state index is 12.0. The number of carbonyl (C=O) groups is 3. The zero-order chi connectivity index (χ0) is 16.7. The van der Waals surface area contributed by atoms with Crippen LogP contribution in [0.3, 0.4) is 0 Å². The molecule has 0 saturated carbocycles. The van der Waals surface area contributed by atoms with E-state index in [-0.39, 0.29) is 37.2 Å². The maximum atomic E-state index is 12.0. The summed E-state index contributed by atoms with van der Waals surface area (Å²) in [5.41, 5.74) is 1.65. The third kappa shape index (κ3) is 6.26. The molecule has 1 aromatic carbocycles. The second-order valence-electron chi connectivity index (χ2n) is 4.99. The van der Waals surface area contributed by atoms with E-state index >= 15 is 0 Å². The monoisotopic (exact) mass is 369 g/mol. The minimum absolute atomic E-state index is 0.0333. The average Bonchev–Trinajstić information content (AvgIpc) is 2.41. The van der Waals surface area contributed by atoms with Crippen LogP contribution in [0.1, 0.15) is 18.9 Å². The first-order valence-electron chi connectivity index (χ1n) is 6.84. The Hall–Kier alpha value is -1.89. The van der Waals surface area contributed by atoms with Crippen molar-refractivity contribution in [2.75, 3.05) is 25.5 Å². The molecule has 0 aliphatic rings. The Balaban J connectivity index is 2.46. The van der Waals surface area contributed by atoms with Gasteiger partial charge in [-0.05, 0) is 30.7 Å². The summed E-state index contributed by atoms with van der Waals surface area (Å²) in [6, 6.07) is 5.54. The van der Waals surface area contributed by atoms with Crippen LogP contribution in [0, 0.1) is 6.92 Å². The van der Waals surface area contributed by atoms with Crippen LogP contribution in [-0.2, 0) is 14.4 Å².